The van der Waals surface area contributed by atoms with Crippen LogP contribution in [0, 0.1) is 5.92 Å². The lowest BCUT2D eigenvalue weighted by Gasteiger charge is -2.05. The third kappa shape index (κ3) is 3.43. The van der Waals surface area contributed by atoms with Crippen molar-refractivity contribution in [2.45, 2.75) is 25.8 Å². The molecule has 1 saturated carbocycles. The molecule has 3 N–H and O–H groups in total. The molecule has 0 bridgehead atoms. The van der Waals surface area contributed by atoms with E-state index in [0.29, 0.717) is 29.9 Å². The van der Waals surface area contributed by atoms with Crippen molar-refractivity contribution < 1.29 is 14.7 Å². The van der Waals surface area contributed by atoms with Crippen LogP contribution in [0.15, 0.2) is 5.38 Å². The van der Waals surface area contributed by atoms with Gasteiger partial charge in [0.25, 0.3) is 0 Å². The Morgan fingerprint density at radius 3 is 2.89 bits per heavy atom. The summed E-state index contributed by atoms with van der Waals surface area (Å²) >= 11 is 1.29. The molecule has 0 aromatic carbocycles. The zero-order valence-corrected chi connectivity index (χ0v) is 10.8. The van der Waals surface area contributed by atoms with Crippen molar-refractivity contribution in [1.29, 1.82) is 0 Å². The molecule has 0 radical (unpaired) electrons. The monoisotopic (exact) mass is 269 g/mol. The number of nitrogens with one attached hydrogen (secondary N) is 2. The molecule has 1 aromatic heterocycles. The van der Waals surface area contributed by atoms with Crippen molar-refractivity contribution in [3.8, 4) is 0 Å². The van der Waals surface area contributed by atoms with E-state index in [1.807, 2.05) is 0 Å². The van der Waals surface area contributed by atoms with E-state index in [9.17, 15) is 9.59 Å². The van der Waals surface area contributed by atoms with E-state index >= 15 is 0 Å². The highest BCUT2D eigenvalue weighted by molar-refractivity contribution is 7.09. The van der Waals surface area contributed by atoms with Crippen molar-refractivity contribution in [2.24, 2.45) is 5.92 Å². The van der Waals surface area contributed by atoms with Gasteiger partial charge < -0.3 is 15.7 Å². The molecule has 1 aliphatic rings. The summed E-state index contributed by atoms with van der Waals surface area (Å²) in [4.78, 5) is 26.0. The summed E-state index contributed by atoms with van der Waals surface area (Å²) in [5, 5.41) is 16.5. The lowest BCUT2D eigenvalue weighted by Crippen LogP contribution is -2.38. The maximum absolute atomic E-state index is 11.4. The van der Waals surface area contributed by atoms with Crippen LogP contribution in [0.3, 0.4) is 0 Å². The molecule has 2 amide bonds. The summed E-state index contributed by atoms with van der Waals surface area (Å²) in [7, 11) is 0. The first kappa shape index (κ1) is 12.8. The van der Waals surface area contributed by atoms with Crippen molar-refractivity contribution in [3.05, 3.63) is 16.1 Å². The quantitative estimate of drug-likeness (QED) is 0.746. The van der Waals surface area contributed by atoms with Crippen molar-refractivity contribution in [2.75, 3.05) is 6.54 Å². The lowest BCUT2D eigenvalue weighted by molar-refractivity contribution is 0.0691. The Kier molecular flexibility index (Phi) is 3.81. The van der Waals surface area contributed by atoms with Gasteiger partial charge in [-0.15, -0.1) is 11.3 Å². The summed E-state index contributed by atoms with van der Waals surface area (Å²) in [6.45, 7) is 2.55. The Bertz CT molecular complexity index is 460. The molecule has 1 heterocycles. The standard InChI is InChI=1S/C11H15N3O3S/c1-6-4-7(6)14-11(17)12-3-2-9-13-8(5-18-9)10(15)16/h5-7H,2-4H2,1H3,(H,15,16)(H2,12,14,17). The van der Waals surface area contributed by atoms with Crippen LogP contribution in [0.2, 0.25) is 0 Å². The fraction of sp³-hybridized carbons (Fsp3) is 0.545. The van der Waals surface area contributed by atoms with E-state index in [4.69, 9.17) is 5.11 Å². The Morgan fingerprint density at radius 2 is 2.33 bits per heavy atom. The number of aromatic nitrogens is 1. The summed E-state index contributed by atoms with van der Waals surface area (Å²) in [5.41, 5.74) is 0.0613. The molecule has 2 rings (SSSR count). The van der Waals surface area contributed by atoms with E-state index in [1.54, 1.807) is 0 Å². The number of carbonyl (C=O) groups excluding carboxylic acids is 1. The smallest absolute Gasteiger partial charge is 0.355 e. The number of amides is 2. The van der Waals surface area contributed by atoms with Gasteiger partial charge in [0.2, 0.25) is 0 Å². The van der Waals surface area contributed by atoms with Gasteiger partial charge in [-0.3, -0.25) is 0 Å². The molecule has 7 heteroatoms. The third-order valence-electron chi connectivity index (χ3n) is 2.82. The van der Waals surface area contributed by atoms with Gasteiger partial charge >= 0.3 is 12.0 Å². The number of aromatic carboxylic acids is 1. The molecule has 0 saturated heterocycles. The molecular weight excluding hydrogens is 254 g/mol. The number of hydrogen-bond donors (Lipinski definition) is 3. The molecule has 1 aliphatic carbocycles. The zero-order chi connectivity index (χ0) is 13.1. The molecule has 2 atom stereocenters. The highest BCUT2D eigenvalue weighted by atomic mass is 32.1. The molecule has 1 aromatic rings. The number of carboxylic acids is 1. The van der Waals surface area contributed by atoms with E-state index < -0.39 is 5.97 Å². The van der Waals surface area contributed by atoms with Crippen LogP contribution in [0.5, 0.6) is 0 Å². The highest BCUT2D eigenvalue weighted by Crippen LogP contribution is 2.28. The number of nitrogens with zero attached hydrogens (tertiary/aromatic N) is 1. The van der Waals surface area contributed by atoms with Crippen molar-refractivity contribution in [3.63, 3.8) is 0 Å². The SMILES string of the molecule is CC1CC1NC(=O)NCCc1nc(C(=O)O)cs1. The number of hydrogen-bond acceptors (Lipinski definition) is 4. The molecule has 18 heavy (non-hydrogen) atoms. The van der Waals surface area contributed by atoms with Gasteiger partial charge in [0, 0.05) is 24.4 Å². The molecule has 0 spiro atoms. The van der Waals surface area contributed by atoms with Gasteiger partial charge in [-0.2, -0.15) is 0 Å². The number of rotatable bonds is 5. The van der Waals surface area contributed by atoms with Gasteiger partial charge in [-0.1, -0.05) is 6.92 Å². The minimum Gasteiger partial charge on any atom is -0.476 e. The van der Waals surface area contributed by atoms with Crippen LogP contribution >= 0.6 is 11.3 Å². The first-order valence-corrected chi connectivity index (χ1v) is 6.66. The van der Waals surface area contributed by atoms with Gasteiger partial charge in [-0.05, 0) is 12.3 Å². The van der Waals surface area contributed by atoms with E-state index in [2.05, 4.69) is 22.5 Å². The fourth-order valence-corrected chi connectivity index (χ4v) is 2.32. The highest BCUT2D eigenvalue weighted by Gasteiger charge is 2.33. The maximum atomic E-state index is 11.4. The maximum Gasteiger partial charge on any atom is 0.355 e. The molecular formula is C11H15N3O3S. The average Bonchev–Trinajstić information content (AvgIpc) is 2.80. The number of thiazole rings is 1. The predicted molar refractivity (Wildman–Crippen MR) is 66.9 cm³/mol. The average molecular weight is 269 g/mol. The lowest BCUT2D eigenvalue weighted by atomic mass is 10.4. The topological polar surface area (TPSA) is 91.3 Å². The Balaban J connectivity index is 1.67. The second kappa shape index (κ2) is 5.34. The number of carbonyl (C=O) groups is 2. The summed E-state index contributed by atoms with van der Waals surface area (Å²) in [6, 6.07) is 0.142. The predicted octanol–water partition coefficient (Wildman–Crippen LogP) is 1.09. The van der Waals surface area contributed by atoms with E-state index in [-0.39, 0.29) is 11.7 Å². The summed E-state index contributed by atoms with van der Waals surface area (Å²) in [6.07, 6.45) is 1.59. The summed E-state index contributed by atoms with van der Waals surface area (Å²) < 4.78 is 0. The second-order valence-electron chi connectivity index (χ2n) is 4.40. The molecule has 98 valence electrons. The van der Waals surface area contributed by atoms with Crippen molar-refractivity contribution >= 4 is 23.3 Å². The van der Waals surface area contributed by atoms with Gasteiger partial charge in [-0.25, -0.2) is 14.6 Å². The van der Waals surface area contributed by atoms with Crippen LogP contribution in [0.4, 0.5) is 4.79 Å². The minimum absolute atomic E-state index is 0.0613. The Labute approximate surface area is 108 Å². The van der Waals surface area contributed by atoms with Crippen LogP contribution < -0.4 is 10.6 Å². The molecule has 6 nitrogen and oxygen atoms in total. The third-order valence-corrected chi connectivity index (χ3v) is 3.73. The molecule has 1 fully saturated rings. The van der Waals surface area contributed by atoms with Crippen LogP contribution in [0.1, 0.15) is 28.8 Å². The normalized spacial score (nSPS) is 21.4. The van der Waals surface area contributed by atoms with Crippen LogP contribution in [-0.2, 0) is 6.42 Å². The van der Waals surface area contributed by atoms with E-state index in [0.717, 1.165) is 6.42 Å². The van der Waals surface area contributed by atoms with E-state index in [1.165, 1.54) is 16.7 Å². The fourth-order valence-electron chi connectivity index (χ4n) is 1.55. The Hall–Kier alpha value is -1.63. The minimum atomic E-state index is -1.02. The first-order valence-electron chi connectivity index (χ1n) is 5.78. The van der Waals surface area contributed by atoms with Gasteiger partial charge in [0.15, 0.2) is 5.69 Å². The largest absolute Gasteiger partial charge is 0.476 e. The van der Waals surface area contributed by atoms with Gasteiger partial charge in [0.05, 0.1) is 5.01 Å². The number of urea groups is 1. The zero-order valence-electron chi connectivity index (χ0n) is 9.97. The molecule has 2 unspecified atom stereocenters. The van der Waals surface area contributed by atoms with Gasteiger partial charge in [0.1, 0.15) is 0 Å². The first-order chi connectivity index (χ1) is 8.56. The second-order valence-corrected chi connectivity index (χ2v) is 5.34. The Morgan fingerprint density at radius 1 is 1.61 bits per heavy atom. The number of carboxylic acid groups (broad SMARTS) is 1. The molecule has 0 aliphatic heterocycles. The van der Waals surface area contributed by atoms with Crippen molar-refractivity contribution in [1.82, 2.24) is 15.6 Å². The van der Waals surface area contributed by atoms with Crippen LogP contribution in [-0.4, -0.2) is 34.7 Å². The van der Waals surface area contributed by atoms with Crippen LogP contribution in [0.25, 0.3) is 0 Å². The summed E-state index contributed by atoms with van der Waals surface area (Å²) in [5.74, 6) is -0.446.